The van der Waals surface area contributed by atoms with Gasteiger partial charge in [0.25, 0.3) is 0 Å². The molecule has 1 heterocycles. The van der Waals surface area contributed by atoms with E-state index in [9.17, 15) is 9.59 Å². The molecule has 0 aliphatic rings. The zero-order valence-corrected chi connectivity index (χ0v) is 19.8. The molecule has 0 fully saturated rings. The van der Waals surface area contributed by atoms with E-state index in [1.165, 1.54) is 0 Å². The minimum atomic E-state index is -0.0895. The number of benzene rings is 3. The number of nitrogens with zero attached hydrogens (tertiary/aromatic N) is 2. The molecule has 0 radical (unpaired) electrons. The van der Waals surface area contributed by atoms with E-state index in [1.807, 2.05) is 99.6 Å². The molecule has 4 rings (SSSR count). The van der Waals surface area contributed by atoms with Crippen LogP contribution in [0.5, 0.6) is 0 Å². The fraction of sp³-hybridized carbons (Fsp3) is 0.207. The first kappa shape index (κ1) is 23.2. The van der Waals surface area contributed by atoms with Crippen molar-refractivity contribution in [2.75, 3.05) is 16.8 Å². The van der Waals surface area contributed by atoms with Crippen LogP contribution in [0.25, 0.3) is 10.9 Å². The van der Waals surface area contributed by atoms with Gasteiger partial charge in [-0.2, -0.15) is 0 Å². The number of pyridine rings is 1. The molecule has 0 bridgehead atoms. The minimum absolute atomic E-state index is 0.0419. The summed E-state index contributed by atoms with van der Waals surface area (Å²) < 4.78 is 0. The fourth-order valence-corrected chi connectivity index (χ4v) is 4.28. The number of nitrogens with one attached hydrogen (secondary N) is 1. The van der Waals surface area contributed by atoms with Crippen molar-refractivity contribution in [2.45, 2.75) is 33.6 Å². The minimum Gasteiger partial charge on any atom is -0.326 e. The molecule has 0 atom stereocenters. The van der Waals surface area contributed by atoms with E-state index < -0.39 is 0 Å². The standard InChI is InChI=1S/C29H29N3O2/c1-4-32(24-10-6-5-7-11-24)29(34)18-22-14-16-23(17-15-22)31-28(33)19-26-20(2)25-12-8-9-13-27(25)30-21(26)3/h5-17H,4,18-19H2,1-3H3,(H,31,33). The molecule has 172 valence electrons. The number of fused-ring (bicyclic) bond motifs is 1. The Morgan fingerprint density at radius 1 is 0.853 bits per heavy atom. The van der Waals surface area contributed by atoms with Crippen molar-refractivity contribution in [2.24, 2.45) is 0 Å². The van der Waals surface area contributed by atoms with Crippen LogP contribution in [0, 0.1) is 13.8 Å². The molecule has 3 aromatic carbocycles. The maximum atomic E-state index is 12.8. The van der Waals surface area contributed by atoms with Gasteiger partial charge in [0.15, 0.2) is 0 Å². The molecule has 4 aromatic rings. The van der Waals surface area contributed by atoms with Crippen molar-refractivity contribution in [1.29, 1.82) is 0 Å². The van der Waals surface area contributed by atoms with Gasteiger partial charge in [-0.1, -0.05) is 48.5 Å². The van der Waals surface area contributed by atoms with Gasteiger partial charge in [-0.3, -0.25) is 14.6 Å². The SMILES string of the molecule is CCN(C(=O)Cc1ccc(NC(=O)Cc2c(C)nc3ccccc3c2C)cc1)c1ccccc1. The largest absolute Gasteiger partial charge is 0.326 e. The highest BCUT2D eigenvalue weighted by atomic mass is 16.2. The van der Waals surface area contributed by atoms with E-state index in [1.54, 1.807) is 4.90 Å². The summed E-state index contributed by atoms with van der Waals surface area (Å²) in [5.74, 6) is -0.0476. The molecule has 0 aliphatic carbocycles. The first-order valence-electron chi connectivity index (χ1n) is 11.5. The number of carbonyl (C=O) groups is 2. The second-order valence-corrected chi connectivity index (χ2v) is 8.39. The number of rotatable bonds is 7. The molecule has 0 unspecified atom stereocenters. The Kier molecular flexibility index (Phi) is 7.02. The third-order valence-electron chi connectivity index (χ3n) is 6.10. The van der Waals surface area contributed by atoms with Crippen LogP contribution in [0.2, 0.25) is 0 Å². The van der Waals surface area contributed by atoms with Crippen molar-refractivity contribution in [3.63, 3.8) is 0 Å². The monoisotopic (exact) mass is 451 g/mol. The van der Waals surface area contributed by atoms with E-state index in [2.05, 4.69) is 10.3 Å². The lowest BCUT2D eigenvalue weighted by molar-refractivity contribution is -0.118. The number of amides is 2. The van der Waals surface area contributed by atoms with E-state index in [0.717, 1.165) is 39.0 Å². The molecule has 2 amide bonds. The van der Waals surface area contributed by atoms with Gasteiger partial charge in [0.2, 0.25) is 11.8 Å². The van der Waals surface area contributed by atoms with Crippen LogP contribution in [-0.2, 0) is 22.4 Å². The highest BCUT2D eigenvalue weighted by Crippen LogP contribution is 2.23. The van der Waals surface area contributed by atoms with Crippen LogP contribution in [0.1, 0.15) is 29.3 Å². The molecule has 0 spiro atoms. The summed E-state index contributed by atoms with van der Waals surface area (Å²) in [4.78, 5) is 32.0. The number of para-hydroxylation sites is 2. The Labute approximate surface area is 200 Å². The van der Waals surface area contributed by atoms with Gasteiger partial charge in [-0.05, 0) is 67.8 Å². The molecule has 34 heavy (non-hydrogen) atoms. The van der Waals surface area contributed by atoms with Gasteiger partial charge in [0.05, 0.1) is 18.4 Å². The second kappa shape index (κ2) is 10.3. The topological polar surface area (TPSA) is 62.3 Å². The molecule has 1 N–H and O–H groups in total. The van der Waals surface area contributed by atoms with E-state index >= 15 is 0 Å². The Hall–Kier alpha value is -3.99. The average Bonchev–Trinajstić information content (AvgIpc) is 2.84. The quantitative estimate of drug-likeness (QED) is 0.396. The summed E-state index contributed by atoms with van der Waals surface area (Å²) in [5, 5.41) is 4.04. The lowest BCUT2D eigenvalue weighted by Gasteiger charge is -2.21. The van der Waals surface area contributed by atoms with Crippen LogP contribution in [0.3, 0.4) is 0 Å². The fourth-order valence-electron chi connectivity index (χ4n) is 4.28. The molecule has 5 heteroatoms. The number of likely N-dealkylation sites (N-methyl/N-ethyl adjacent to an activating group) is 1. The van der Waals surface area contributed by atoms with Crippen LogP contribution < -0.4 is 10.2 Å². The lowest BCUT2D eigenvalue weighted by atomic mass is 9.99. The molecule has 0 aliphatic heterocycles. The van der Waals surface area contributed by atoms with Gasteiger partial charge in [0.1, 0.15) is 0 Å². The Morgan fingerprint density at radius 3 is 2.24 bits per heavy atom. The van der Waals surface area contributed by atoms with Gasteiger partial charge in [0, 0.05) is 29.0 Å². The predicted octanol–water partition coefficient (Wildman–Crippen LogP) is 5.63. The Balaban J connectivity index is 1.40. The first-order chi connectivity index (χ1) is 16.5. The molecule has 5 nitrogen and oxygen atoms in total. The highest BCUT2D eigenvalue weighted by Gasteiger charge is 2.15. The van der Waals surface area contributed by atoms with Crippen LogP contribution in [0.15, 0.2) is 78.9 Å². The molecule has 1 aromatic heterocycles. The normalized spacial score (nSPS) is 10.8. The number of carbonyl (C=O) groups excluding carboxylic acids is 2. The van der Waals surface area contributed by atoms with Crippen molar-refractivity contribution >= 4 is 34.1 Å². The van der Waals surface area contributed by atoms with Crippen LogP contribution in [0.4, 0.5) is 11.4 Å². The molecule has 0 saturated heterocycles. The van der Waals surface area contributed by atoms with E-state index in [-0.39, 0.29) is 18.2 Å². The maximum Gasteiger partial charge on any atom is 0.231 e. The summed E-state index contributed by atoms with van der Waals surface area (Å²) in [6.45, 7) is 6.57. The highest BCUT2D eigenvalue weighted by molar-refractivity contribution is 5.95. The number of anilines is 2. The predicted molar refractivity (Wildman–Crippen MR) is 138 cm³/mol. The van der Waals surface area contributed by atoms with Crippen LogP contribution >= 0.6 is 0 Å². The Morgan fingerprint density at radius 2 is 1.53 bits per heavy atom. The number of hydrogen-bond acceptors (Lipinski definition) is 3. The summed E-state index contributed by atoms with van der Waals surface area (Å²) in [6.07, 6.45) is 0.566. The molecular formula is C29H29N3O2. The second-order valence-electron chi connectivity index (χ2n) is 8.39. The molecular weight excluding hydrogens is 422 g/mol. The number of aromatic nitrogens is 1. The van der Waals surface area contributed by atoms with Gasteiger partial charge in [-0.15, -0.1) is 0 Å². The van der Waals surface area contributed by atoms with Crippen LogP contribution in [-0.4, -0.2) is 23.3 Å². The number of hydrogen-bond donors (Lipinski definition) is 1. The number of aryl methyl sites for hydroxylation is 2. The summed E-state index contributed by atoms with van der Waals surface area (Å²) in [7, 11) is 0. The zero-order chi connectivity index (χ0) is 24.1. The smallest absolute Gasteiger partial charge is 0.231 e. The zero-order valence-electron chi connectivity index (χ0n) is 19.8. The third-order valence-corrected chi connectivity index (χ3v) is 6.10. The van der Waals surface area contributed by atoms with Gasteiger partial charge >= 0.3 is 0 Å². The summed E-state index contributed by atoms with van der Waals surface area (Å²) >= 11 is 0. The average molecular weight is 452 g/mol. The summed E-state index contributed by atoms with van der Waals surface area (Å²) in [6, 6.07) is 25.1. The molecule has 0 saturated carbocycles. The van der Waals surface area contributed by atoms with Gasteiger partial charge in [-0.25, -0.2) is 0 Å². The van der Waals surface area contributed by atoms with E-state index in [0.29, 0.717) is 18.7 Å². The van der Waals surface area contributed by atoms with Crippen molar-refractivity contribution < 1.29 is 9.59 Å². The summed E-state index contributed by atoms with van der Waals surface area (Å²) in [5.41, 5.74) is 6.38. The van der Waals surface area contributed by atoms with Gasteiger partial charge < -0.3 is 10.2 Å². The lowest BCUT2D eigenvalue weighted by Crippen LogP contribution is -2.31. The maximum absolute atomic E-state index is 12.8. The van der Waals surface area contributed by atoms with E-state index in [4.69, 9.17) is 0 Å². The third kappa shape index (κ3) is 5.15. The Bertz CT molecular complexity index is 1310. The van der Waals surface area contributed by atoms with Crippen molar-refractivity contribution in [3.05, 3.63) is 101 Å². The first-order valence-corrected chi connectivity index (χ1v) is 11.5. The van der Waals surface area contributed by atoms with Crippen molar-refractivity contribution in [1.82, 2.24) is 4.98 Å². The van der Waals surface area contributed by atoms with Crippen molar-refractivity contribution in [3.8, 4) is 0 Å².